The molecule has 1 aromatic heterocycles. The normalized spacial score (nSPS) is 12.2. The molecule has 0 saturated carbocycles. The van der Waals surface area contributed by atoms with Crippen LogP contribution in [0, 0.1) is 13.8 Å². The molecule has 0 atom stereocenters. The van der Waals surface area contributed by atoms with Crippen LogP contribution >= 0.6 is 11.3 Å². The van der Waals surface area contributed by atoms with E-state index >= 15 is 0 Å². The third-order valence-electron chi connectivity index (χ3n) is 3.90. The van der Waals surface area contributed by atoms with Crippen molar-refractivity contribution < 1.29 is 8.42 Å². The summed E-state index contributed by atoms with van der Waals surface area (Å²) >= 11 is 1.74. The Balaban J connectivity index is 1.86. The SMILES string of the molecule is CCNC(=NCCNS(=O)(=O)c1cc(C)ccc1C)NCCc1cccs1. The highest BCUT2D eigenvalue weighted by Crippen LogP contribution is 2.16. The van der Waals surface area contributed by atoms with Gasteiger partial charge in [-0.2, -0.15) is 0 Å². The lowest BCUT2D eigenvalue weighted by molar-refractivity contribution is 0.581. The number of hydrogen-bond donors (Lipinski definition) is 3. The lowest BCUT2D eigenvalue weighted by Crippen LogP contribution is -2.39. The van der Waals surface area contributed by atoms with Gasteiger partial charge in [-0.25, -0.2) is 13.1 Å². The van der Waals surface area contributed by atoms with Crippen LogP contribution in [0.3, 0.4) is 0 Å². The average Bonchev–Trinajstić information content (AvgIpc) is 3.14. The molecule has 8 heteroatoms. The molecular formula is C19H28N4O2S2. The first-order valence-corrected chi connectivity index (χ1v) is 11.4. The zero-order valence-corrected chi connectivity index (χ0v) is 17.7. The Labute approximate surface area is 166 Å². The Morgan fingerprint density at radius 1 is 1.15 bits per heavy atom. The number of nitrogens with zero attached hydrogens (tertiary/aromatic N) is 1. The highest BCUT2D eigenvalue weighted by atomic mass is 32.2. The molecular weight excluding hydrogens is 380 g/mol. The zero-order valence-electron chi connectivity index (χ0n) is 16.1. The number of benzene rings is 1. The fourth-order valence-corrected chi connectivity index (χ4v) is 4.58. The fourth-order valence-electron chi connectivity index (χ4n) is 2.52. The predicted octanol–water partition coefficient (Wildman–Crippen LogP) is 2.44. The number of rotatable bonds is 9. The second-order valence-electron chi connectivity index (χ2n) is 6.18. The summed E-state index contributed by atoms with van der Waals surface area (Å²) in [7, 11) is -3.53. The average molecular weight is 409 g/mol. The van der Waals surface area contributed by atoms with Gasteiger partial charge in [-0.05, 0) is 55.8 Å². The maximum absolute atomic E-state index is 12.5. The summed E-state index contributed by atoms with van der Waals surface area (Å²) in [6.07, 6.45) is 0.932. The van der Waals surface area contributed by atoms with Crippen molar-refractivity contribution in [3.05, 3.63) is 51.7 Å². The first-order chi connectivity index (χ1) is 12.9. The number of aliphatic imine (C=N–C) groups is 1. The Morgan fingerprint density at radius 2 is 1.96 bits per heavy atom. The van der Waals surface area contributed by atoms with Crippen molar-refractivity contribution in [2.75, 3.05) is 26.2 Å². The van der Waals surface area contributed by atoms with Crippen LogP contribution in [0.2, 0.25) is 0 Å². The van der Waals surface area contributed by atoms with E-state index in [9.17, 15) is 8.42 Å². The molecule has 2 rings (SSSR count). The van der Waals surface area contributed by atoms with E-state index in [1.165, 1.54) is 4.88 Å². The van der Waals surface area contributed by atoms with E-state index in [0.29, 0.717) is 17.4 Å². The highest BCUT2D eigenvalue weighted by molar-refractivity contribution is 7.89. The largest absolute Gasteiger partial charge is 0.357 e. The molecule has 2 aromatic rings. The van der Waals surface area contributed by atoms with Gasteiger partial charge in [0.25, 0.3) is 0 Å². The molecule has 0 aliphatic heterocycles. The number of thiophene rings is 1. The Kier molecular flexibility index (Phi) is 8.27. The van der Waals surface area contributed by atoms with Crippen LogP contribution in [-0.4, -0.2) is 40.6 Å². The highest BCUT2D eigenvalue weighted by Gasteiger charge is 2.16. The second kappa shape index (κ2) is 10.4. The van der Waals surface area contributed by atoms with E-state index in [1.807, 2.05) is 32.0 Å². The lowest BCUT2D eigenvalue weighted by atomic mass is 10.2. The monoisotopic (exact) mass is 408 g/mol. The molecule has 0 saturated heterocycles. The van der Waals surface area contributed by atoms with Crippen molar-refractivity contribution in [3.63, 3.8) is 0 Å². The first kappa shape index (κ1) is 21.4. The van der Waals surface area contributed by atoms with E-state index in [1.54, 1.807) is 24.3 Å². The third kappa shape index (κ3) is 6.97. The molecule has 0 bridgehead atoms. The van der Waals surface area contributed by atoms with Gasteiger partial charge in [-0.1, -0.05) is 18.2 Å². The summed E-state index contributed by atoms with van der Waals surface area (Å²) in [4.78, 5) is 6.09. The van der Waals surface area contributed by atoms with Crippen molar-refractivity contribution in [3.8, 4) is 0 Å². The summed E-state index contributed by atoms with van der Waals surface area (Å²) in [6.45, 7) is 7.81. The standard InChI is InChI=1S/C19H28N4O2S2/c1-4-20-19(21-10-9-17-6-5-13-26-17)22-11-12-23-27(24,25)18-14-15(2)7-8-16(18)3/h5-8,13-14,23H,4,9-12H2,1-3H3,(H2,20,21,22). The van der Waals surface area contributed by atoms with Crippen LogP contribution in [0.15, 0.2) is 45.6 Å². The first-order valence-electron chi connectivity index (χ1n) is 9.04. The predicted molar refractivity (Wildman–Crippen MR) is 113 cm³/mol. The van der Waals surface area contributed by atoms with Gasteiger partial charge in [0, 0.05) is 24.5 Å². The molecule has 0 aliphatic carbocycles. The molecule has 27 heavy (non-hydrogen) atoms. The summed E-state index contributed by atoms with van der Waals surface area (Å²) in [5, 5.41) is 8.51. The van der Waals surface area contributed by atoms with Crippen LogP contribution in [0.5, 0.6) is 0 Å². The number of hydrogen-bond acceptors (Lipinski definition) is 4. The van der Waals surface area contributed by atoms with Gasteiger partial charge >= 0.3 is 0 Å². The minimum atomic E-state index is -3.53. The van der Waals surface area contributed by atoms with Crippen LogP contribution in [0.4, 0.5) is 0 Å². The van der Waals surface area contributed by atoms with Crippen LogP contribution < -0.4 is 15.4 Å². The lowest BCUT2D eigenvalue weighted by Gasteiger charge is -2.12. The number of aryl methyl sites for hydroxylation is 2. The van der Waals surface area contributed by atoms with E-state index in [2.05, 4.69) is 31.8 Å². The zero-order chi connectivity index (χ0) is 19.7. The van der Waals surface area contributed by atoms with Crippen molar-refractivity contribution in [2.24, 2.45) is 4.99 Å². The minimum Gasteiger partial charge on any atom is -0.357 e. The number of sulfonamides is 1. The molecule has 0 fully saturated rings. The maximum Gasteiger partial charge on any atom is 0.240 e. The third-order valence-corrected chi connectivity index (χ3v) is 6.43. The van der Waals surface area contributed by atoms with Crippen molar-refractivity contribution >= 4 is 27.3 Å². The van der Waals surface area contributed by atoms with Crippen molar-refractivity contribution in [1.82, 2.24) is 15.4 Å². The Hall–Kier alpha value is -1.90. The van der Waals surface area contributed by atoms with Gasteiger partial charge in [0.2, 0.25) is 10.0 Å². The van der Waals surface area contributed by atoms with Crippen molar-refractivity contribution in [1.29, 1.82) is 0 Å². The molecule has 148 valence electrons. The second-order valence-corrected chi connectivity index (χ2v) is 8.95. The van der Waals surface area contributed by atoms with E-state index in [4.69, 9.17) is 0 Å². The van der Waals surface area contributed by atoms with Crippen molar-refractivity contribution in [2.45, 2.75) is 32.1 Å². The summed E-state index contributed by atoms with van der Waals surface area (Å²) in [6, 6.07) is 9.57. The van der Waals surface area contributed by atoms with Crippen LogP contribution in [0.1, 0.15) is 22.9 Å². The molecule has 1 aromatic carbocycles. The number of nitrogens with one attached hydrogen (secondary N) is 3. The Bertz CT molecular complexity index is 847. The topological polar surface area (TPSA) is 82.6 Å². The number of guanidine groups is 1. The molecule has 0 spiro atoms. The smallest absolute Gasteiger partial charge is 0.240 e. The summed E-state index contributed by atoms with van der Waals surface area (Å²) in [5.41, 5.74) is 1.66. The van der Waals surface area contributed by atoms with Crippen LogP contribution in [-0.2, 0) is 16.4 Å². The molecule has 0 aliphatic rings. The van der Waals surface area contributed by atoms with Gasteiger partial charge in [0.15, 0.2) is 5.96 Å². The molecule has 3 N–H and O–H groups in total. The van der Waals surface area contributed by atoms with E-state index in [0.717, 1.165) is 30.6 Å². The van der Waals surface area contributed by atoms with E-state index < -0.39 is 10.0 Å². The molecule has 0 unspecified atom stereocenters. The Morgan fingerprint density at radius 3 is 2.67 bits per heavy atom. The molecule has 0 radical (unpaired) electrons. The summed E-state index contributed by atoms with van der Waals surface area (Å²) < 4.78 is 27.6. The van der Waals surface area contributed by atoms with Gasteiger partial charge in [0.05, 0.1) is 11.4 Å². The minimum absolute atomic E-state index is 0.247. The van der Waals surface area contributed by atoms with Crippen LogP contribution in [0.25, 0.3) is 0 Å². The molecule has 1 heterocycles. The van der Waals surface area contributed by atoms with Gasteiger partial charge in [0.1, 0.15) is 0 Å². The van der Waals surface area contributed by atoms with E-state index in [-0.39, 0.29) is 6.54 Å². The summed E-state index contributed by atoms with van der Waals surface area (Å²) in [5.74, 6) is 0.694. The molecule has 0 amide bonds. The van der Waals surface area contributed by atoms with Gasteiger partial charge in [-0.3, -0.25) is 4.99 Å². The fraction of sp³-hybridized carbons (Fsp3) is 0.421. The quantitative estimate of drug-likeness (QED) is 0.338. The maximum atomic E-state index is 12.5. The van der Waals surface area contributed by atoms with Gasteiger partial charge < -0.3 is 10.6 Å². The van der Waals surface area contributed by atoms with Gasteiger partial charge in [-0.15, -0.1) is 11.3 Å². The molecule has 6 nitrogen and oxygen atoms in total.